The molecule has 2 aromatic carbocycles. The number of rotatable bonds is 6. The number of thiazole rings is 1. The first-order chi connectivity index (χ1) is 13.0. The van der Waals surface area contributed by atoms with Crippen molar-refractivity contribution in [1.29, 1.82) is 0 Å². The molecule has 1 amide bonds. The number of hydrogen-bond donors (Lipinski definition) is 3. The van der Waals surface area contributed by atoms with Gasteiger partial charge in [0.1, 0.15) is 0 Å². The summed E-state index contributed by atoms with van der Waals surface area (Å²) in [5.74, 6) is 6.39. The second-order valence-corrected chi connectivity index (χ2v) is 6.70. The highest BCUT2D eigenvalue weighted by Gasteiger charge is 2.17. The number of carbonyl (C=O) groups excluding carboxylic acids is 1. The van der Waals surface area contributed by atoms with Gasteiger partial charge >= 0.3 is 0 Å². The Labute approximate surface area is 160 Å². The third kappa shape index (κ3) is 3.60. The highest BCUT2D eigenvalue weighted by atomic mass is 32.1. The van der Waals surface area contributed by atoms with Gasteiger partial charge in [-0.05, 0) is 36.8 Å². The Balaban J connectivity index is 1.94. The van der Waals surface area contributed by atoms with Crippen LogP contribution in [-0.4, -0.2) is 32.2 Å². The van der Waals surface area contributed by atoms with Crippen LogP contribution in [0.15, 0.2) is 24.3 Å². The summed E-state index contributed by atoms with van der Waals surface area (Å²) in [6.07, 6.45) is 0. The van der Waals surface area contributed by atoms with Crippen molar-refractivity contribution in [2.24, 2.45) is 5.84 Å². The molecular weight excluding hydrogens is 368 g/mol. The lowest BCUT2D eigenvalue weighted by Crippen LogP contribution is -2.12. The number of hydrogen-bond acceptors (Lipinski definition) is 8. The van der Waals surface area contributed by atoms with Crippen LogP contribution in [0.25, 0.3) is 10.2 Å². The van der Waals surface area contributed by atoms with Gasteiger partial charge in [0.15, 0.2) is 16.6 Å². The predicted molar refractivity (Wildman–Crippen MR) is 106 cm³/mol. The first-order valence-corrected chi connectivity index (χ1v) is 8.81. The number of hydrazine groups is 1. The standard InChI is InChI=1S/C18H20N4O4S/c1-9-5-11(8-14-15(9)21-18(22-19)27-14)20-17(23)10-6-12(24-2)16(26-4)13(7-10)25-3/h5-8H,19H2,1-4H3,(H,20,23)(H,21,22). The average Bonchev–Trinajstić information content (AvgIpc) is 3.10. The number of nitrogens with one attached hydrogen (secondary N) is 2. The minimum Gasteiger partial charge on any atom is -0.493 e. The van der Waals surface area contributed by atoms with E-state index in [9.17, 15) is 4.79 Å². The fourth-order valence-electron chi connectivity index (χ4n) is 2.75. The summed E-state index contributed by atoms with van der Waals surface area (Å²) >= 11 is 1.41. The second-order valence-electron chi connectivity index (χ2n) is 5.67. The summed E-state index contributed by atoms with van der Waals surface area (Å²) in [5.41, 5.74) is 5.37. The van der Waals surface area contributed by atoms with Crippen LogP contribution >= 0.6 is 11.3 Å². The lowest BCUT2D eigenvalue weighted by Gasteiger charge is -2.14. The summed E-state index contributed by atoms with van der Waals surface area (Å²) in [6, 6.07) is 6.92. The minimum absolute atomic E-state index is 0.297. The average molecular weight is 388 g/mol. The Kier molecular flexibility index (Phi) is 5.33. The maximum Gasteiger partial charge on any atom is 0.255 e. The van der Waals surface area contributed by atoms with Crippen molar-refractivity contribution in [2.75, 3.05) is 32.1 Å². The SMILES string of the molecule is COc1cc(C(=O)Nc2cc(C)c3nc(NN)sc3c2)cc(OC)c1OC. The van der Waals surface area contributed by atoms with Gasteiger partial charge < -0.3 is 19.5 Å². The zero-order chi connectivity index (χ0) is 19.6. The third-order valence-corrected chi connectivity index (χ3v) is 4.93. The molecule has 0 saturated carbocycles. The van der Waals surface area contributed by atoms with Crippen molar-refractivity contribution < 1.29 is 19.0 Å². The number of methoxy groups -OCH3 is 3. The van der Waals surface area contributed by atoms with Crippen LogP contribution in [0.2, 0.25) is 0 Å². The largest absolute Gasteiger partial charge is 0.493 e. The van der Waals surface area contributed by atoms with Crippen LogP contribution in [0.4, 0.5) is 10.8 Å². The Hall–Kier alpha value is -3.04. The van der Waals surface area contributed by atoms with Gasteiger partial charge in [0.25, 0.3) is 5.91 Å². The molecule has 9 heteroatoms. The van der Waals surface area contributed by atoms with E-state index >= 15 is 0 Å². The summed E-state index contributed by atoms with van der Waals surface area (Å²) < 4.78 is 16.8. The lowest BCUT2D eigenvalue weighted by molar-refractivity contribution is 0.102. The quantitative estimate of drug-likeness (QED) is 0.440. The Morgan fingerprint density at radius 1 is 1.07 bits per heavy atom. The molecule has 0 bridgehead atoms. The lowest BCUT2D eigenvalue weighted by atomic mass is 10.1. The van der Waals surface area contributed by atoms with Gasteiger partial charge in [-0.1, -0.05) is 11.3 Å². The van der Waals surface area contributed by atoms with Gasteiger partial charge in [-0.3, -0.25) is 10.2 Å². The zero-order valence-corrected chi connectivity index (χ0v) is 16.2. The number of carbonyl (C=O) groups is 1. The molecule has 0 atom stereocenters. The van der Waals surface area contributed by atoms with E-state index in [4.69, 9.17) is 20.1 Å². The molecule has 0 aliphatic heterocycles. The summed E-state index contributed by atoms with van der Waals surface area (Å²) in [4.78, 5) is 17.1. The van der Waals surface area contributed by atoms with Crippen LogP contribution in [0, 0.1) is 6.92 Å². The zero-order valence-electron chi connectivity index (χ0n) is 15.4. The maximum absolute atomic E-state index is 12.8. The van der Waals surface area contributed by atoms with Crippen LogP contribution in [0.3, 0.4) is 0 Å². The third-order valence-electron chi connectivity index (χ3n) is 3.99. The Bertz CT molecular complexity index is 977. The second kappa shape index (κ2) is 7.68. The highest BCUT2D eigenvalue weighted by Crippen LogP contribution is 2.38. The van der Waals surface area contributed by atoms with Gasteiger partial charge in [0.05, 0.1) is 31.5 Å². The van der Waals surface area contributed by atoms with E-state index in [1.54, 1.807) is 12.1 Å². The van der Waals surface area contributed by atoms with Crippen LogP contribution < -0.4 is 30.8 Å². The van der Waals surface area contributed by atoms with Crippen LogP contribution in [0.1, 0.15) is 15.9 Å². The molecule has 0 fully saturated rings. The Morgan fingerprint density at radius 3 is 2.30 bits per heavy atom. The number of fused-ring (bicyclic) bond motifs is 1. The molecule has 3 rings (SSSR count). The molecule has 0 spiro atoms. The van der Waals surface area contributed by atoms with Gasteiger partial charge in [0, 0.05) is 11.3 Å². The molecule has 1 aromatic heterocycles. The molecule has 1 heterocycles. The minimum atomic E-state index is -0.297. The first-order valence-electron chi connectivity index (χ1n) is 7.99. The van der Waals surface area contributed by atoms with Gasteiger partial charge in [-0.2, -0.15) is 0 Å². The van der Waals surface area contributed by atoms with E-state index in [0.29, 0.717) is 33.6 Å². The fraction of sp³-hybridized carbons (Fsp3) is 0.222. The molecule has 0 aliphatic rings. The van der Waals surface area contributed by atoms with E-state index < -0.39 is 0 Å². The summed E-state index contributed by atoms with van der Waals surface area (Å²) in [6.45, 7) is 1.93. The molecule has 0 radical (unpaired) electrons. The van der Waals surface area contributed by atoms with E-state index in [1.807, 2.05) is 19.1 Å². The number of nitrogens with zero attached hydrogens (tertiary/aromatic N) is 1. The molecular formula is C18H20N4O4S. The highest BCUT2D eigenvalue weighted by molar-refractivity contribution is 7.22. The Morgan fingerprint density at radius 2 is 1.74 bits per heavy atom. The van der Waals surface area contributed by atoms with Crippen LogP contribution in [-0.2, 0) is 0 Å². The van der Waals surface area contributed by atoms with Crippen molar-refractivity contribution in [3.63, 3.8) is 0 Å². The monoisotopic (exact) mass is 388 g/mol. The van der Waals surface area contributed by atoms with E-state index in [1.165, 1.54) is 32.7 Å². The van der Waals surface area contributed by atoms with E-state index in [-0.39, 0.29) is 5.91 Å². The molecule has 3 aromatic rings. The van der Waals surface area contributed by atoms with Crippen LogP contribution in [0.5, 0.6) is 17.2 Å². The molecule has 0 aliphatic carbocycles. The normalized spacial score (nSPS) is 10.6. The molecule has 0 unspecified atom stereocenters. The molecule has 4 N–H and O–H groups in total. The first kappa shape index (κ1) is 18.7. The number of nitrogens with two attached hydrogens (primary N) is 1. The number of amides is 1. The molecule has 142 valence electrons. The number of nitrogen functional groups attached to an aromatic ring is 1. The van der Waals surface area contributed by atoms with Gasteiger partial charge in [0.2, 0.25) is 5.75 Å². The number of benzene rings is 2. The summed E-state index contributed by atoms with van der Waals surface area (Å²) in [5, 5.41) is 3.51. The van der Waals surface area contributed by atoms with Crippen molar-refractivity contribution in [3.8, 4) is 17.2 Å². The fourth-order valence-corrected chi connectivity index (χ4v) is 3.64. The number of aromatic nitrogens is 1. The van der Waals surface area contributed by atoms with Gasteiger partial charge in [-0.15, -0.1) is 0 Å². The summed E-state index contributed by atoms with van der Waals surface area (Å²) in [7, 11) is 4.52. The van der Waals surface area contributed by atoms with E-state index in [2.05, 4.69) is 15.7 Å². The molecule has 0 saturated heterocycles. The smallest absolute Gasteiger partial charge is 0.255 e. The number of anilines is 2. The van der Waals surface area contributed by atoms with Crippen molar-refractivity contribution in [3.05, 3.63) is 35.4 Å². The van der Waals surface area contributed by atoms with Gasteiger partial charge in [-0.25, -0.2) is 10.8 Å². The van der Waals surface area contributed by atoms with Crippen molar-refractivity contribution >= 4 is 38.3 Å². The number of ether oxygens (including phenoxy) is 3. The van der Waals surface area contributed by atoms with Crippen molar-refractivity contribution in [1.82, 2.24) is 4.98 Å². The predicted octanol–water partition coefficient (Wildman–Crippen LogP) is 3.17. The number of aryl methyl sites for hydroxylation is 1. The topological polar surface area (TPSA) is 108 Å². The van der Waals surface area contributed by atoms with E-state index in [0.717, 1.165) is 15.8 Å². The molecule has 8 nitrogen and oxygen atoms in total. The maximum atomic E-state index is 12.8. The van der Waals surface area contributed by atoms with Crippen molar-refractivity contribution in [2.45, 2.75) is 6.92 Å². The molecule has 27 heavy (non-hydrogen) atoms.